The number of halogens is 1. The van der Waals surface area contributed by atoms with Crippen molar-refractivity contribution in [2.45, 2.75) is 84.1 Å². The van der Waals surface area contributed by atoms with Gasteiger partial charge in [-0.3, -0.25) is 24.9 Å². The lowest BCUT2D eigenvalue weighted by molar-refractivity contribution is -0.120. The number of anilines is 2. The topological polar surface area (TPSA) is 165 Å². The van der Waals surface area contributed by atoms with Gasteiger partial charge in [-0.2, -0.15) is 10.1 Å². The molecule has 332 valence electrons. The van der Waals surface area contributed by atoms with E-state index >= 15 is 0 Å². The number of carbonyl (C=O) groups excluding carboxylic acids is 3. The number of rotatable bonds is 11. The molecule has 14 nitrogen and oxygen atoms in total. The molecule has 3 aromatic heterocycles. The molecule has 0 unspecified atom stereocenters. The van der Waals surface area contributed by atoms with Crippen LogP contribution in [0.15, 0.2) is 77.4 Å². The Kier molecular flexibility index (Phi) is 12.2. The summed E-state index contributed by atoms with van der Waals surface area (Å²) in [5.74, 6) is 1.06. The van der Waals surface area contributed by atoms with Crippen molar-refractivity contribution in [3.8, 4) is 22.4 Å². The molecule has 3 fully saturated rings. The number of aryl methyl sites for hydroxylation is 1. The number of pyridine rings is 1. The van der Waals surface area contributed by atoms with Crippen LogP contribution < -0.4 is 20.4 Å². The minimum absolute atomic E-state index is 0.0410. The van der Waals surface area contributed by atoms with E-state index in [1.807, 2.05) is 64.2 Å². The Bertz CT molecular complexity index is 2670. The molecular weight excluding hydrogens is 828 g/mol. The van der Waals surface area contributed by atoms with Crippen molar-refractivity contribution >= 4 is 51.9 Å². The van der Waals surface area contributed by atoms with Gasteiger partial charge >= 0.3 is 17.8 Å². The molecule has 15 heteroatoms. The highest BCUT2D eigenvalue weighted by Gasteiger charge is 2.28. The van der Waals surface area contributed by atoms with Crippen LogP contribution in [0.4, 0.5) is 16.2 Å². The lowest BCUT2D eigenvalue weighted by Crippen LogP contribution is -2.49. The third kappa shape index (κ3) is 9.39. The fourth-order valence-corrected chi connectivity index (χ4v) is 9.46. The molecule has 6 aromatic rings. The van der Waals surface area contributed by atoms with Gasteiger partial charge in [0.1, 0.15) is 0 Å². The third-order valence-electron chi connectivity index (χ3n) is 13.2. The summed E-state index contributed by atoms with van der Waals surface area (Å²) in [5, 5.41) is 18.4. The summed E-state index contributed by atoms with van der Waals surface area (Å²) in [6, 6.07) is 22.8. The van der Waals surface area contributed by atoms with Crippen LogP contribution in [0.5, 0.6) is 0 Å². The molecule has 0 aliphatic carbocycles. The zero-order valence-electron chi connectivity index (χ0n) is 36.9. The number of amides is 4. The van der Waals surface area contributed by atoms with E-state index in [1.54, 1.807) is 0 Å². The summed E-state index contributed by atoms with van der Waals surface area (Å²) in [6.07, 6.45) is 8.02. The highest BCUT2D eigenvalue weighted by atomic mass is 35.5. The number of nitrogens with zero attached hydrogens (tertiary/aromatic N) is 7. The maximum atomic E-state index is 12.7. The predicted molar refractivity (Wildman–Crippen MR) is 249 cm³/mol. The molecule has 3 aliphatic rings. The van der Waals surface area contributed by atoms with Gasteiger partial charge in [0.15, 0.2) is 11.5 Å². The van der Waals surface area contributed by atoms with Gasteiger partial charge in [0.05, 0.1) is 16.4 Å². The largest absolute Gasteiger partial charge is 0.371 e. The van der Waals surface area contributed by atoms with Crippen molar-refractivity contribution in [1.29, 1.82) is 0 Å². The zero-order chi connectivity index (χ0) is 44.5. The number of H-pyrrole nitrogens is 1. The van der Waals surface area contributed by atoms with Crippen molar-refractivity contribution in [3.05, 3.63) is 106 Å². The molecule has 0 atom stereocenters. The van der Waals surface area contributed by atoms with E-state index in [1.165, 1.54) is 16.9 Å². The summed E-state index contributed by atoms with van der Waals surface area (Å²) in [4.78, 5) is 52.2. The Hall–Kier alpha value is -6.12. The Morgan fingerprint density at radius 2 is 1.67 bits per heavy atom. The maximum Gasteiger partial charge on any atom is 0.328 e. The van der Waals surface area contributed by atoms with Gasteiger partial charge in [0.25, 0.3) is 0 Å². The number of benzene rings is 3. The number of urea groups is 1. The Morgan fingerprint density at radius 3 is 2.38 bits per heavy atom. The van der Waals surface area contributed by atoms with Gasteiger partial charge in [-0.05, 0) is 123 Å². The van der Waals surface area contributed by atoms with Crippen LogP contribution in [0.1, 0.15) is 98.4 Å². The highest BCUT2D eigenvalue weighted by molar-refractivity contribution is 6.34. The number of imide groups is 1. The van der Waals surface area contributed by atoms with Crippen molar-refractivity contribution in [2.24, 2.45) is 5.92 Å². The SMILES string of the molecule is Cc1cc(-c2[nH]nc3ncc(-c4ccc(C5CCN(CCC6CCN(c7ccc(N8CCC(=O)NC8=O)c(Cl)c7)CC6)CC5)cc4)cc23)ccc1CNC(=O)c1nc(C(C)(C)C)no1. The predicted octanol–water partition coefficient (Wildman–Crippen LogP) is 8.80. The fourth-order valence-electron chi connectivity index (χ4n) is 9.19. The van der Waals surface area contributed by atoms with Gasteiger partial charge in [0, 0.05) is 66.4 Å². The Morgan fingerprint density at radius 1 is 0.906 bits per heavy atom. The van der Waals surface area contributed by atoms with Crippen LogP contribution in [-0.4, -0.2) is 87.3 Å². The van der Waals surface area contributed by atoms with Crippen LogP contribution in [0.2, 0.25) is 5.02 Å². The van der Waals surface area contributed by atoms with Gasteiger partial charge in [-0.15, -0.1) is 0 Å². The molecular formula is C49H55ClN10O4. The van der Waals surface area contributed by atoms with E-state index in [2.05, 4.69) is 77.2 Å². The monoisotopic (exact) mass is 882 g/mol. The molecule has 3 aromatic carbocycles. The first kappa shape index (κ1) is 43.1. The number of piperidine rings is 2. The number of hydrogen-bond acceptors (Lipinski definition) is 10. The standard InChI is InChI=1S/C49H55ClN10O4/c1-30-25-35(9-10-36(30)28-52-45(62)46-54-47(57-64-46)49(2,3)4)43-39-26-37(29-51-44(39)56-55-43)33-7-5-32(6-8-33)34-16-20-58(21-17-34)19-13-31-14-22-59(23-15-31)38-11-12-41(40(50)27-38)60-24-18-42(61)53-48(60)63/h5-12,25-27,29,31,34H,13-24,28H2,1-4H3,(H,52,62)(H,51,55,56)(H,53,61,63). The summed E-state index contributed by atoms with van der Waals surface area (Å²) >= 11 is 6.65. The Balaban J connectivity index is 0.744. The second-order valence-electron chi connectivity index (χ2n) is 18.5. The first-order chi connectivity index (χ1) is 30.9. The van der Waals surface area contributed by atoms with E-state index < -0.39 is 11.9 Å². The normalized spacial score (nSPS) is 17.0. The second-order valence-corrected chi connectivity index (χ2v) is 18.9. The molecule has 3 N–H and O–H groups in total. The molecule has 3 saturated heterocycles. The van der Waals surface area contributed by atoms with Crippen molar-refractivity contribution in [1.82, 2.24) is 40.9 Å². The molecule has 6 heterocycles. The maximum absolute atomic E-state index is 12.7. The average molecular weight is 883 g/mol. The number of nitrogens with one attached hydrogen (secondary N) is 3. The van der Waals surface area contributed by atoms with Crippen LogP contribution in [0.3, 0.4) is 0 Å². The summed E-state index contributed by atoms with van der Waals surface area (Å²) in [6.45, 7) is 14.0. The van der Waals surface area contributed by atoms with Crippen LogP contribution >= 0.6 is 11.6 Å². The van der Waals surface area contributed by atoms with E-state index in [0.717, 1.165) is 103 Å². The van der Waals surface area contributed by atoms with E-state index in [9.17, 15) is 14.4 Å². The van der Waals surface area contributed by atoms with E-state index in [4.69, 9.17) is 21.1 Å². The third-order valence-corrected chi connectivity index (χ3v) is 13.5. The van der Waals surface area contributed by atoms with E-state index in [0.29, 0.717) is 47.1 Å². The van der Waals surface area contributed by atoms with Crippen molar-refractivity contribution in [3.63, 3.8) is 0 Å². The lowest BCUT2D eigenvalue weighted by atomic mass is 9.88. The summed E-state index contributed by atoms with van der Waals surface area (Å²) in [7, 11) is 0. The molecule has 0 spiro atoms. The minimum atomic E-state index is -0.421. The zero-order valence-corrected chi connectivity index (χ0v) is 37.7. The van der Waals surface area contributed by atoms with Crippen molar-refractivity contribution < 1.29 is 18.9 Å². The fraction of sp³-hybridized carbons (Fsp3) is 0.408. The van der Waals surface area contributed by atoms with Crippen LogP contribution in [-0.2, 0) is 16.8 Å². The quantitative estimate of drug-likeness (QED) is 0.115. The molecule has 64 heavy (non-hydrogen) atoms. The summed E-state index contributed by atoms with van der Waals surface area (Å²) < 4.78 is 5.20. The lowest BCUT2D eigenvalue weighted by Gasteiger charge is -2.36. The molecule has 0 radical (unpaired) electrons. The Labute approximate surface area is 378 Å². The molecule has 4 amide bonds. The van der Waals surface area contributed by atoms with Gasteiger partial charge in [-0.1, -0.05) is 73.9 Å². The molecule has 3 aliphatic heterocycles. The summed E-state index contributed by atoms with van der Waals surface area (Å²) in [5.41, 5.74) is 9.53. The number of fused-ring (bicyclic) bond motifs is 1. The van der Waals surface area contributed by atoms with Gasteiger partial charge in [-0.25, -0.2) is 9.78 Å². The van der Waals surface area contributed by atoms with Crippen LogP contribution in [0.25, 0.3) is 33.4 Å². The number of aromatic amines is 1. The number of hydrogen-bond donors (Lipinski definition) is 3. The molecule has 9 rings (SSSR count). The first-order valence-electron chi connectivity index (χ1n) is 22.4. The second kappa shape index (κ2) is 18.2. The smallest absolute Gasteiger partial charge is 0.328 e. The first-order valence-corrected chi connectivity index (χ1v) is 22.8. The number of aromatic nitrogens is 5. The van der Waals surface area contributed by atoms with Crippen molar-refractivity contribution in [2.75, 3.05) is 49.1 Å². The van der Waals surface area contributed by atoms with Gasteiger partial charge < -0.3 is 19.6 Å². The number of carbonyl (C=O) groups is 3. The highest BCUT2D eigenvalue weighted by Crippen LogP contribution is 2.36. The molecule has 0 bridgehead atoms. The molecule has 0 saturated carbocycles. The van der Waals surface area contributed by atoms with Gasteiger partial charge in [0.2, 0.25) is 5.91 Å². The average Bonchev–Trinajstić information content (AvgIpc) is 3.98. The van der Waals surface area contributed by atoms with E-state index in [-0.39, 0.29) is 23.6 Å². The number of likely N-dealkylation sites (tertiary alicyclic amines) is 1. The van der Waals surface area contributed by atoms with Crippen LogP contribution in [0, 0.1) is 12.8 Å². The minimum Gasteiger partial charge on any atom is -0.371 e.